The molecule has 7 rings (SSSR count). The highest BCUT2D eigenvalue weighted by atomic mass is 32.1. The molecule has 0 spiro atoms. The van der Waals surface area contributed by atoms with E-state index in [2.05, 4.69) is 50.0 Å². The minimum Gasteiger partial charge on any atom is -0.378 e. The summed E-state index contributed by atoms with van der Waals surface area (Å²) in [6.45, 7) is 8.00. The highest BCUT2D eigenvalue weighted by Crippen LogP contribution is 2.41. The number of H-pyrrole nitrogens is 1. The molecule has 0 bridgehead atoms. The first-order valence-corrected chi connectivity index (χ1v) is 13.9. The fourth-order valence-electron chi connectivity index (χ4n) is 5.79. The van der Waals surface area contributed by atoms with Crippen LogP contribution in [-0.4, -0.2) is 77.2 Å². The summed E-state index contributed by atoms with van der Waals surface area (Å²) in [5, 5.41) is 1.17. The van der Waals surface area contributed by atoms with Gasteiger partial charge in [-0.2, -0.15) is 0 Å². The second-order valence-electron chi connectivity index (χ2n) is 9.94. The molecule has 35 heavy (non-hydrogen) atoms. The zero-order chi connectivity index (χ0) is 23.2. The van der Waals surface area contributed by atoms with Crippen molar-refractivity contribution >= 4 is 38.3 Å². The molecular weight excluding hydrogens is 456 g/mol. The smallest absolute Gasteiger partial charge is 0.162 e. The van der Waals surface area contributed by atoms with Gasteiger partial charge in [0.15, 0.2) is 11.6 Å². The lowest BCUT2D eigenvalue weighted by Crippen LogP contribution is -2.49. The Balaban J connectivity index is 1.37. The fourth-order valence-corrected chi connectivity index (χ4v) is 7.07. The largest absolute Gasteiger partial charge is 0.378 e. The third-order valence-electron chi connectivity index (χ3n) is 7.75. The van der Waals surface area contributed by atoms with Gasteiger partial charge in [-0.15, -0.1) is 11.3 Å². The second kappa shape index (κ2) is 9.17. The summed E-state index contributed by atoms with van der Waals surface area (Å²) in [5.74, 6) is 1.88. The molecule has 182 valence electrons. The summed E-state index contributed by atoms with van der Waals surface area (Å²) in [7, 11) is 0. The van der Waals surface area contributed by atoms with Gasteiger partial charge in [0.2, 0.25) is 0 Å². The molecule has 1 unspecified atom stereocenters. The highest BCUT2D eigenvalue weighted by Gasteiger charge is 2.33. The number of nitrogens with zero attached hydrogens (tertiary/aromatic N) is 5. The Labute approximate surface area is 209 Å². The first-order valence-electron chi connectivity index (χ1n) is 13.0. The summed E-state index contributed by atoms with van der Waals surface area (Å²) >= 11 is 1.91. The van der Waals surface area contributed by atoms with Crippen LogP contribution in [0.25, 0.3) is 32.5 Å². The van der Waals surface area contributed by atoms with Crippen LogP contribution in [0.15, 0.2) is 36.5 Å². The molecule has 0 aliphatic carbocycles. The van der Waals surface area contributed by atoms with Gasteiger partial charge in [0.25, 0.3) is 0 Å². The van der Waals surface area contributed by atoms with Crippen LogP contribution in [0.1, 0.15) is 36.7 Å². The van der Waals surface area contributed by atoms with Crippen LogP contribution in [0.4, 0.5) is 5.82 Å². The number of rotatable bonds is 5. The molecule has 3 aliphatic rings. The molecule has 7 nitrogen and oxygen atoms in total. The maximum atomic E-state index is 5.67. The van der Waals surface area contributed by atoms with Crippen molar-refractivity contribution in [2.45, 2.75) is 31.8 Å². The van der Waals surface area contributed by atoms with E-state index in [0.29, 0.717) is 6.17 Å². The lowest BCUT2D eigenvalue weighted by atomic mass is 10.1. The Morgan fingerprint density at radius 3 is 2.46 bits per heavy atom. The number of fused-ring (bicyclic) bond motifs is 2. The Hall–Kier alpha value is -2.52. The van der Waals surface area contributed by atoms with Crippen molar-refractivity contribution in [2.24, 2.45) is 0 Å². The van der Waals surface area contributed by atoms with Crippen LogP contribution >= 0.6 is 11.3 Å². The lowest BCUT2D eigenvalue weighted by molar-refractivity contribution is -0.00763. The van der Waals surface area contributed by atoms with E-state index in [1.807, 2.05) is 17.5 Å². The van der Waals surface area contributed by atoms with E-state index in [1.54, 1.807) is 0 Å². The molecule has 1 aromatic carbocycles. The molecule has 0 radical (unpaired) electrons. The predicted octanol–water partition coefficient (Wildman–Crippen LogP) is 4.87. The van der Waals surface area contributed by atoms with Crippen molar-refractivity contribution in [3.05, 3.63) is 41.4 Å². The van der Waals surface area contributed by atoms with Crippen molar-refractivity contribution in [1.82, 2.24) is 24.8 Å². The van der Waals surface area contributed by atoms with Crippen molar-refractivity contribution < 1.29 is 4.74 Å². The Kier molecular flexibility index (Phi) is 5.69. The number of ether oxygens (including phenoxy) is 1. The first kappa shape index (κ1) is 21.7. The summed E-state index contributed by atoms with van der Waals surface area (Å²) in [4.78, 5) is 22.9. The van der Waals surface area contributed by atoms with E-state index in [4.69, 9.17) is 14.7 Å². The van der Waals surface area contributed by atoms with Gasteiger partial charge in [0, 0.05) is 53.7 Å². The number of morpholine rings is 1. The number of benzene rings is 1. The van der Waals surface area contributed by atoms with E-state index in [-0.39, 0.29) is 0 Å². The van der Waals surface area contributed by atoms with Gasteiger partial charge in [-0.3, -0.25) is 9.80 Å². The number of aromatic nitrogens is 3. The average Bonchev–Trinajstić information content (AvgIpc) is 3.53. The van der Waals surface area contributed by atoms with Gasteiger partial charge < -0.3 is 14.6 Å². The SMILES string of the molecule is c1cc(-c2nc(N3CCOCC3)c3sc(C(N4CCCCC4)N4CCC4)cc3n2)c2cc[nH]c2c1. The molecule has 6 heterocycles. The first-order chi connectivity index (χ1) is 17.3. The van der Waals surface area contributed by atoms with Crippen LogP contribution in [0, 0.1) is 0 Å². The zero-order valence-corrected chi connectivity index (χ0v) is 20.9. The van der Waals surface area contributed by atoms with Gasteiger partial charge >= 0.3 is 0 Å². The quantitative estimate of drug-likeness (QED) is 0.433. The summed E-state index contributed by atoms with van der Waals surface area (Å²) in [6.07, 6.45) is 7.64. The minimum atomic E-state index is 0.373. The van der Waals surface area contributed by atoms with Gasteiger partial charge in [-0.25, -0.2) is 9.97 Å². The monoisotopic (exact) mass is 488 g/mol. The van der Waals surface area contributed by atoms with E-state index in [1.165, 1.54) is 66.8 Å². The highest BCUT2D eigenvalue weighted by molar-refractivity contribution is 7.19. The number of thiophene rings is 1. The molecule has 4 aromatic rings. The van der Waals surface area contributed by atoms with E-state index in [0.717, 1.165) is 54.5 Å². The molecule has 0 amide bonds. The second-order valence-corrected chi connectivity index (χ2v) is 11.0. The average molecular weight is 489 g/mol. The third-order valence-corrected chi connectivity index (χ3v) is 8.91. The summed E-state index contributed by atoms with van der Waals surface area (Å²) in [6, 6.07) is 10.8. The number of piperidine rings is 1. The summed E-state index contributed by atoms with van der Waals surface area (Å²) < 4.78 is 6.89. The topological polar surface area (TPSA) is 60.5 Å². The van der Waals surface area contributed by atoms with Crippen LogP contribution in [0.3, 0.4) is 0 Å². The summed E-state index contributed by atoms with van der Waals surface area (Å²) in [5.41, 5.74) is 3.28. The Morgan fingerprint density at radius 2 is 1.69 bits per heavy atom. The standard InChI is InChI=1S/C27H32N6OS/c1-2-10-32(11-3-1)27(33-12-5-13-33)23-18-22-24(35-23)26(31-14-16-34-17-15-31)30-25(29-22)20-6-4-7-21-19(20)8-9-28-21/h4,6-9,18,27-28H,1-3,5,10-17H2. The van der Waals surface area contributed by atoms with Gasteiger partial charge in [0.1, 0.15) is 0 Å². The lowest BCUT2D eigenvalue weighted by Gasteiger charge is -2.45. The molecule has 3 saturated heterocycles. The number of aromatic amines is 1. The number of anilines is 1. The van der Waals surface area contributed by atoms with Crippen molar-refractivity contribution in [3.8, 4) is 11.4 Å². The molecular formula is C27H32N6OS. The van der Waals surface area contributed by atoms with Crippen LogP contribution < -0.4 is 4.90 Å². The van der Waals surface area contributed by atoms with Crippen LogP contribution in [0.2, 0.25) is 0 Å². The maximum Gasteiger partial charge on any atom is 0.162 e. The van der Waals surface area contributed by atoms with E-state index >= 15 is 0 Å². The van der Waals surface area contributed by atoms with Crippen LogP contribution in [-0.2, 0) is 4.74 Å². The maximum absolute atomic E-state index is 5.67. The Bertz CT molecular complexity index is 1330. The minimum absolute atomic E-state index is 0.373. The predicted molar refractivity (Wildman–Crippen MR) is 142 cm³/mol. The van der Waals surface area contributed by atoms with Gasteiger partial charge in [-0.05, 0) is 50.6 Å². The van der Waals surface area contributed by atoms with E-state index in [9.17, 15) is 0 Å². The number of hydrogen-bond acceptors (Lipinski definition) is 7. The molecule has 0 saturated carbocycles. The third kappa shape index (κ3) is 3.93. The normalized spacial score (nSPS) is 21.0. The molecule has 1 N–H and O–H groups in total. The van der Waals surface area contributed by atoms with Gasteiger partial charge in [-0.1, -0.05) is 18.6 Å². The zero-order valence-electron chi connectivity index (χ0n) is 20.1. The molecule has 8 heteroatoms. The van der Waals surface area contributed by atoms with Crippen molar-refractivity contribution in [2.75, 3.05) is 57.4 Å². The number of nitrogens with one attached hydrogen (secondary N) is 1. The van der Waals surface area contributed by atoms with Crippen molar-refractivity contribution in [1.29, 1.82) is 0 Å². The fraction of sp³-hybridized carbons (Fsp3) is 0.481. The molecule has 3 fully saturated rings. The van der Waals surface area contributed by atoms with Gasteiger partial charge in [0.05, 0.1) is 29.6 Å². The van der Waals surface area contributed by atoms with E-state index < -0.39 is 0 Å². The Morgan fingerprint density at radius 1 is 0.886 bits per heavy atom. The van der Waals surface area contributed by atoms with Crippen molar-refractivity contribution in [3.63, 3.8) is 0 Å². The number of hydrogen-bond donors (Lipinski definition) is 1. The molecule has 3 aromatic heterocycles. The number of likely N-dealkylation sites (tertiary alicyclic amines) is 2. The molecule has 3 aliphatic heterocycles. The molecule has 1 atom stereocenters. The van der Waals surface area contributed by atoms with Crippen LogP contribution in [0.5, 0.6) is 0 Å².